The van der Waals surface area contributed by atoms with Crippen LogP contribution in [0.4, 0.5) is 0 Å². The molecular weight excluding hydrogens is 230 g/mol. The number of nitriles is 1. The van der Waals surface area contributed by atoms with Gasteiger partial charge in [-0.1, -0.05) is 0 Å². The van der Waals surface area contributed by atoms with Crippen LogP contribution in [0.3, 0.4) is 0 Å². The highest BCUT2D eigenvalue weighted by Gasteiger charge is 2.24. The van der Waals surface area contributed by atoms with Crippen LogP contribution >= 0.6 is 0 Å². The molecule has 0 bridgehead atoms. The Morgan fingerprint density at radius 2 is 2.50 bits per heavy atom. The molecule has 5 nitrogen and oxygen atoms in total. The second kappa shape index (κ2) is 5.61. The van der Waals surface area contributed by atoms with Crippen LogP contribution in [0, 0.1) is 17.2 Å². The Hall–Kier alpha value is -1.93. The van der Waals surface area contributed by atoms with Gasteiger partial charge in [-0.15, -0.1) is 0 Å². The first kappa shape index (κ1) is 12.5. The second-order valence-electron chi connectivity index (χ2n) is 4.65. The van der Waals surface area contributed by atoms with Gasteiger partial charge < -0.3 is 5.11 Å². The lowest BCUT2D eigenvalue weighted by atomic mass is 10.1. The highest BCUT2D eigenvalue weighted by molar-refractivity contribution is 5.67. The Morgan fingerprint density at radius 3 is 3.22 bits per heavy atom. The van der Waals surface area contributed by atoms with Crippen molar-refractivity contribution >= 4 is 5.97 Å². The molecule has 0 saturated carbocycles. The molecule has 1 aliphatic heterocycles. The monoisotopic (exact) mass is 245 g/mol. The van der Waals surface area contributed by atoms with Gasteiger partial charge in [0.2, 0.25) is 0 Å². The van der Waals surface area contributed by atoms with Crippen molar-refractivity contribution in [2.45, 2.75) is 19.4 Å². The smallest absolute Gasteiger partial charge is 0.303 e. The molecule has 1 saturated heterocycles. The number of aliphatic carboxylic acids is 1. The van der Waals surface area contributed by atoms with Gasteiger partial charge in [0.05, 0.1) is 0 Å². The first-order valence-corrected chi connectivity index (χ1v) is 5.96. The lowest BCUT2D eigenvalue weighted by Crippen LogP contribution is -2.21. The number of carboxylic acids is 1. The van der Waals surface area contributed by atoms with Crippen molar-refractivity contribution in [3.63, 3.8) is 0 Å². The minimum Gasteiger partial charge on any atom is -0.481 e. The standard InChI is InChI=1S/C13H15N3O2/c14-7-12-5-10(1-3-15-12)8-16-4-2-11(9-16)6-13(17)18/h1,3,5,11H,2,4,6,8-9H2,(H,17,18). The van der Waals surface area contributed by atoms with Crippen LogP contribution in [0.15, 0.2) is 18.3 Å². The summed E-state index contributed by atoms with van der Waals surface area (Å²) >= 11 is 0. The lowest BCUT2D eigenvalue weighted by Gasteiger charge is -2.15. The van der Waals surface area contributed by atoms with Gasteiger partial charge in [-0.2, -0.15) is 5.26 Å². The van der Waals surface area contributed by atoms with E-state index < -0.39 is 5.97 Å². The van der Waals surface area contributed by atoms with Crippen molar-refractivity contribution in [2.24, 2.45) is 5.92 Å². The minimum atomic E-state index is -0.725. The third-order valence-electron chi connectivity index (χ3n) is 3.18. The zero-order valence-electron chi connectivity index (χ0n) is 10.0. The van der Waals surface area contributed by atoms with Crippen LogP contribution in [0.2, 0.25) is 0 Å². The quantitative estimate of drug-likeness (QED) is 0.863. The first-order chi connectivity index (χ1) is 8.67. The molecule has 0 aliphatic carbocycles. The van der Waals surface area contributed by atoms with Gasteiger partial charge in [0.15, 0.2) is 0 Å². The molecule has 0 spiro atoms. The van der Waals surface area contributed by atoms with Crippen molar-refractivity contribution in [3.8, 4) is 6.07 Å². The van der Waals surface area contributed by atoms with Gasteiger partial charge in [-0.25, -0.2) is 4.98 Å². The van der Waals surface area contributed by atoms with Gasteiger partial charge in [0.25, 0.3) is 0 Å². The van der Waals surface area contributed by atoms with Crippen molar-refractivity contribution in [3.05, 3.63) is 29.6 Å². The Kier molecular flexibility index (Phi) is 3.90. The van der Waals surface area contributed by atoms with Crippen LogP contribution in [-0.2, 0) is 11.3 Å². The van der Waals surface area contributed by atoms with E-state index in [1.165, 1.54) is 0 Å². The maximum absolute atomic E-state index is 10.6. The number of pyridine rings is 1. The maximum atomic E-state index is 10.6. The van der Waals surface area contributed by atoms with E-state index in [9.17, 15) is 4.79 Å². The number of rotatable bonds is 4. The fraction of sp³-hybridized carbons (Fsp3) is 0.462. The normalized spacial score (nSPS) is 19.6. The predicted octanol–water partition coefficient (Wildman–Crippen LogP) is 1.25. The summed E-state index contributed by atoms with van der Waals surface area (Å²) in [5.74, 6) is -0.475. The van der Waals surface area contributed by atoms with E-state index >= 15 is 0 Å². The van der Waals surface area contributed by atoms with E-state index in [1.807, 2.05) is 12.1 Å². The van der Waals surface area contributed by atoms with Crippen LogP contribution in [0.5, 0.6) is 0 Å². The van der Waals surface area contributed by atoms with Gasteiger partial charge >= 0.3 is 5.97 Å². The third kappa shape index (κ3) is 3.28. The first-order valence-electron chi connectivity index (χ1n) is 5.96. The largest absolute Gasteiger partial charge is 0.481 e. The summed E-state index contributed by atoms with van der Waals surface area (Å²) in [4.78, 5) is 16.8. The van der Waals surface area contributed by atoms with E-state index in [-0.39, 0.29) is 12.3 Å². The number of carbonyl (C=O) groups is 1. The highest BCUT2D eigenvalue weighted by Crippen LogP contribution is 2.21. The molecule has 94 valence electrons. The third-order valence-corrected chi connectivity index (χ3v) is 3.18. The number of aromatic nitrogens is 1. The minimum absolute atomic E-state index is 0.246. The molecule has 1 aliphatic rings. The Labute approximate surface area is 106 Å². The molecule has 0 amide bonds. The van der Waals surface area contributed by atoms with E-state index in [0.29, 0.717) is 5.69 Å². The Morgan fingerprint density at radius 1 is 1.67 bits per heavy atom. The molecule has 2 rings (SSSR count). The van der Waals surface area contributed by atoms with E-state index in [0.717, 1.165) is 31.6 Å². The van der Waals surface area contributed by atoms with Crippen LogP contribution in [0.25, 0.3) is 0 Å². The van der Waals surface area contributed by atoms with Gasteiger partial charge in [0, 0.05) is 25.7 Å². The molecule has 5 heteroatoms. The van der Waals surface area contributed by atoms with E-state index in [2.05, 4.69) is 9.88 Å². The summed E-state index contributed by atoms with van der Waals surface area (Å²) in [6, 6.07) is 5.70. The van der Waals surface area contributed by atoms with Crippen molar-refractivity contribution in [1.29, 1.82) is 5.26 Å². The maximum Gasteiger partial charge on any atom is 0.303 e. The Bertz CT molecular complexity index is 481. The number of likely N-dealkylation sites (tertiary alicyclic amines) is 1. The van der Waals surface area contributed by atoms with Gasteiger partial charge in [-0.3, -0.25) is 9.69 Å². The van der Waals surface area contributed by atoms with Crippen LogP contribution in [0.1, 0.15) is 24.1 Å². The summed E-state index contributed by atoms with van der Waals surface area (Å²) in [5.41, 5.74) is 1.48. The SMILES string of the molecule is N#Cc1cc(CN2CCC(CC(=O)O)C2)ccn1. The molecule has 1 aromatic rings. The zero-order chi connectivity index (χ0) is 13.0. The molecule has 2 heterocycles. The van der Waals surface area contributed by atoms with E-state index in [1.54, 1.807) is 12.3 Å². The summed E-state index contributed by atoms with van der Waals surface area (Å²) < 4.78 is 0. The fourth-order valence-electron chi connectivity index (χ4n) is 2.36. The molecule has 0 radical (unpaired) electrons. The number of nitrogens with zero attached hydrogens (tertiary/aromatic N) is 3. The topological polar surface area (TPSA) is 77.2 Å². The lowest BCUT2D eigenvalue weighted by molar-refractivity contribution is -0.138. The molecule has 0 aromatic carbocycles. The molecule has 18 heavy (non-hydrogen) atoms. The van der Waals surface area contributed by atoms with E-state index in [4.69, 9.17) is 10.4 Å². The summed E-state index contributed by atoms with van der Waals surface area (Å²) in [7, 11) is 0. The number of hydrogen-bond donors (Lipinski definition) is 1. The fourth-order valence-corrected chi connectivity index (χ4v) is 2.36. The molecular formula is C13H15N3O2. The number of carboxylic acid groups (broad SMARTS) is 1. The average Bonchev–Trinajstić information content (AvgIpc) is 2.76. The van der Waals surface area contributed by atoms with Crippen molar-refractivity contribution in [2.75, 3.05) is 13.1 Å². The molecule has 1 aromatic heterocycles. The molecule has 1 N–H and O–H groups in total. The Balaban J connectivity index is 1.91. The summed E-state index contributed by atoms with van der Waals surface area (Å²) in [6.45, 7) is 2.49. The molecule has 1 unspecified atom stereocenters. The van der Waals surface area contributed by atoms with Gasteiger partial charge in [-0.05, 0) is 36.6 Å². The molecule has 1 atom stereocenters. The van der Waals surface area contributed by atoms with Crippen LogP contribution < -0.4 is 0 Å². The van der Waals surface area contributed by atoms with Crippen LogP contribution in [-0.4, -0.2) is 34.0 Å². The van der Waals surface area contributed by atoms with Crippen molar-refractivity contribution < 1.29 is 9.90 Å². The average molecular weight is 245 g/mol. The zero-order valence-corrected chi connectivity index (χ0v) is 10.0. The molecule has 1 fully saturated rings. The van der Waals surface area contributed by atoms with Crippen molar-refractivity contribution in [1.82, 2.24) is 9.88 Å². The summed E-state index contributed by atoms with van der Waals surface area (Å²) in [5, 5.41) is 17.5. The second-order valence-corrected chi connectivity index (χ2v) is 4.65. The van der Waals surface area contributed by atoms with Gasteiger partial charge in [0.1, 0.15) is 11.8 Å². The highest BCUT2D eigenvalue weighted by atomic mass is 16.4. The summed E-state index contributed by atoms with van der Waals surface area (Å²) in [6.07, 6.45) is 2.82. The number of hydrogen-bond acceptors (Lipinski definition) is 4. The predicted molar refractivity (Wildman–Crippen MR) is 64.6 cm³/mol.